The summed E-state index contributed by atoms with van der Waals surface area (Å²) in [7, 11) is 0. The predicted octanol–water partition coefficient (Wildman–Crippen LogP) is 1.64. The van der Waals surface area contributed by atoms with E-state index in [0.717, 1.165) is 4.90 Å². The van der Waals surface area contributed by atoms with Gasteiger partial charge in [-0.05, 0) is 18.2 Å². The second-order valence-electron chi connectivity index (χ2n) is 3.40. The molecule has 6 heteroatoms. The average molecular weight is 260 g/mol. The number of hydrogen-bond donors (Lipinski definition) is 3. The summed E-state index contributed by atoms with van der Waals surface area (Å²) in [6.45, 7) is 1.81. The first-order valence-electron chi connectivity index (χ1n) is 4.73. The van der Waals surface area contributed by atoms with Crippen LogP contribution in [0.5, 0.6) is 0 Å². The van der Waals surface area contributed by atoms with Gasteiger partial charge in [-0.3, -0.25) is 10.2 Å². The maximum atomic E-state index is 11.2. The van der Waals surface area contributed by atoms with Crippen molar-refractivity contribution in [1.82, 2.24) is 5.43 Å². The third-order valence-corrected chi connectivity index (χ3v) is 3.64. The Labute approximate surface area is 104 Å². The lowest BCUT2D eigenvalue weighted by atomic mass is 10.2. The van der Waals surface area contributed by atoms with Gasteiger partial charge in [0.05, 0.1) is 10.7 Å². The molecule has 1 rings (SSSR count). The first kappa shape index (κ1) is 13.2. The zero-order chi connectivity index (χ0) is 12.1. The van der Waals surface area contributed by atoms with E-state index >= 15 is 0 Å². The molecule has 1 unspecified atom stereocenters. The van der Waals surface area contributed by atoms with Crippen molar-refractivity contribution in [3.05, 3.63) is 23.2 Å². The number of carbonyl (C=O) groups is 1. The average Bonchev–Trinajstić information content (AvgIpc) is 2.29. The van der Waals surface area contributed by atoms with Crippen LogP contribution in [0.1, 0.15) is 6.92 Å². The Morgan fingerprint density at radius 3 is 2.88 bits per heavy atom. The largest absolute Gasteiger partial charge is 0.398 e. The van der Waals surface area contributed by atoms with E-state index < -0.39 is 0 Å². The van der Waals surface area contributed by atoms with Gasteiger partial charge < -0.3 is 5.73 Å². The molecular formula is C10H14ClN3OS. The SMILES string of the molecule is CC(CSc1ccc(N)c(Cl)c1)C(=O)NN. The Morgan fingerprint density at radius 1 is 1.62 bits per heavy atom. The van der Waals surface area contributed by atoms with E-state index in [1.807, 2.05) is 13.0 Å². The van der Waals surface area contributed by atoms with Crippen LogP contribution in [0, 0.1) is 5.92 Å². The van der Waals surface area contributed by atoms with Crippen molar-refractivity contribution < 1.29 is 4.79 Å². The minimum absolute atomic E-state index is 0.147. The van der Waals surface area contributed by atoms with Gasteiger partial charge in [-0.1, -0.05) is 18.5 Å². The highest BCUT2D eigenvalue weighted by atomic mass is 35.5. The molecule has 0 spiro atoms. The summed E-state index contributed by atoms with van der Waals surface area (Å²) < 4.78 is 0. The Kier molecular flexibility index (Phi) is 4.92. The minimum atomic E-state index is -0.172. The van der Waals surface area contributed by atoms with Crippen molar-refractivity contribution in [1.29, 1.82) is 0 Å². The van der Waals surface area contributed by atoms with E-state index in [2.05, 4.69) is 5.43 Å². The molecule has 1 aromatic rings. The summed E-state index contributed by atoms with van der Waals surface area (Å²) >= 11 is 7.42. The van der Waals surface area contributed by atoms with Gasteiger partial charge in [-0.2, -0.15) is 0 Å². The number of rotatable bonds is 4. The van der Waals surface area contributed by atoms with Crippen LogP contribution in [0.4, 0.5) is 5.69 Å². The highest BCUT2D eigenvalue weighted by Crippen LogP contribution is 2.27. The van der Waals surface area contributed by atoms with Gasteiger partial charge in [0.1, 0.15) is 0 Å². The van der Waals surface area contributed by atoms with E-state index in [-0.39, 0.29) is 11.8 Å². The normalized spacial score (nSPS) is 12.2. The molecule has 5 N–H and O–H groups in total. The summed E-state index contributed by atoms with van der Waals surface area (Å²) in [5, 5.41) is 0.529. The fraction of sp³-hybridized carbons (Fsp3) is 0.300. The topological polar surface area (TPSA) is 81.1 Å². The molecule has 88 valence electrons. The summed E-state index contributed by atoms with van der Waals surface area (Å²) in [6.07, 6.45) is 0. The number of hydrazine groups is 1. The number of benzene rings is 1. The molecule has 0 saturated heterocycles. The molecule has 16 heavy (non-hydrogen) atoms. The number of nitrogens with one attached hydrogen (secondary N) is 1. The molecule has 0 radical (unpaired) electrons. The van der Waals surface area contributed by atoms with Gasteiger partial charge in [0.25, 0.3) is 0 Å². The highest BCUT2D eigenvalue weighted by Gasteiger charge is 2.11. The highest BCUT2D eigenvalue weighted by molar-refractivity contribution is 7.99. The molecule has 4 nitrogen and oxygen atoms in total. The van der Waals surface area contributed by atoms with Crippen LogP contribution in [-0.4, -0.2) is 11.7 Å². The summed E-state index contributed by atoms with van der Waals surface area (Å²) in [6, 6.07) is 5.41. The molecule has 0 fully saturated rings. The number of nitrogen functional groups attached to an aromatic ring is 1. The second-order valence-corrected chi connectivity index (χ2v) is 4.90. The Bertz CT molecular complexity index is 386. The van der Waals surface area contributed by atoms with Crippen LogP contribution in [0.25, 0.3) is 0 Å². The van der Waals surface area contributed by atoms with Crippen LogP contribution < -0.4 is 17.0 Å². The van der Waals surface area contributed by atoms with Crippen molar-refractivity contribution in [2.75, 3.05) is 11.5 Å². The summed E-state index contributed by atoms with van der Waals surface area (Å²) in [5.41, 5.74) is 8.27. The maximum absolute atomic E-state index is 11.2. The molecule has 0 saturated carbocycles. The Morgan fingerprint density at radius 2 is 2.31 bits per heavy atom. The van der Waals surface area contributed by atoms with E-state index in [1.54, 1.807) is 12.1 Å². The van der Waals surface area contributed by atoms with E-state index in [9.17, 15) is 4.79 Å². The van der Waals surface area contributed by atoms with Gasteiger partial charge >= 0.3 is 0 Å². The zero-order valence-corrected chi connectivity index (χ0v) is 10.4. The van der Waals surface area contributed by atoms with Crippen molar-refractivity contribution in [3.8, 4) is 0 Å². The van der Waals surface area contributed by atoms with Gasteiger partial charge in [-0.15, -0.1) is 11.8 Å². The molecule has 0 aliphatic rings. The fourth-order valence-electron chi connectivity index (χ4n) is 1.04. The molecule has 0 aromatic heterocycles. The predicted molar refractivity (Wildman–Crippen MR) is 68.1 cm³/mol. The molecule has 1 amide bonds. The van der Waals surface area contributed by atoms with Crippen LogP contribution >= 0.6 is 23.4 Å². The van der Waals surface area contributed by atoms with E-state index in [0.29, 0.717) is 16.5 Å². The number of nitrogens with two attached hydrogens (primary N) is 2. The maximum Gasteiger partial charge on any atom is 0.237 e. The van der Waals surface area contributed by atoms with Gasteiger partial charge in [0, 0.05) is 16.6 Å². The number of halogens is 1. The van der Waals surface area contributed by atoms with Crippen LogP contribution in [0.3, 0.4) is 0 Å². The van der Waals surface area contributed by atoms with Crippen LogP contribution in [0.15, 0.2) is 23.1 Å². The van der Waals surface area contributed by atoms with Gasteiger partial charge in [0.2, 0.25) is 5.91 Å². The first-order chi connectivity index (χ1) is 7.54. The lowest BCUT2D eigenvalue weighted by Gasteiger charge is -2.09. The third kappa shape index (κ3) is 3.59. The molecule has 1 aromatic carbocycles. The number of carbonyl (C=O) groups excluding carboxylic acids is 1. The molecule has 0 heterocycles. The van der Waals surface area contributed by atoms with Crippen molar-refractivity contribution >= 4 is 35.0 Å². The van der Waals surface area contributed by atoms with Crippen LogP contribution in [0.2, 0.25) is 5.02 Å². The molecule has 0 aliphatic carbocycles. The smallest absolute Gasteiger partial charge is 0.237 e. The van der Waals surface area contributed by atoms with Crippen molar-refractivity contribution in [3.63, 3.8) is 0 Å². The first-order valence-corrected chi connectivity index (χ1v) is 6.09. The standard InChI is InChI=1S/C10H14ClN3OS/c1-6(10(15)14-13)5-16-7-2-3-9(12)8(11)4-7/h2-4,6H,5,12-13H2,1H3,(H,14,15). The van der Waals surface area contributed by atoms with Crippen LogP contribution in [-0.2, 0) is 4.79 Å². The molecular weight excluding hydrogens is 246 g/mol. The Hall–Kier alpha value is -0.910. The van der Waals surface area contributed by atoms with Gasteiger partial charge in [0.15, 0.2) is 0 Å². The molecule has 0 aliphatic heterocycles. The number of amides is 1. The number of hydrogen-bond acceptors (Lipinski definition) is 4. The van der Waals surface area contributed by atoms with Gasteiger partial charge in [-0.25, -0.2) is 5.84 Å². The minimum Gasteiger partial charge on any atom is -0.398 e. The zero-order valence-electron chi connectivity index (χ0n) is 8.87. The van der Waals surface area contributed by atoms with E-state index in [1.165, 1.54) is 11.8 Å². The Balaban J connectivity index is 2.55. The van der Waals surface area contributed by atoms with Crippen molar-refractivity contribution in [2.24, 2.45) is 11.8 Å². The fourth-order valence-corrected chi connectivity index (χ4v) is 2.24. The summed E-state index contributed by atoms with van der Waals surface area (Å²) in [4.78, 5) is 12.1. The van der Waals surface area contributed by atoms with E-state index in [4.69, 9.17) is 23.2 Å². The monoisotopic (exact) mass is 259 g/mol. The molecule has 0 bridgehead atoms. The lowest BCUT2D eigenvalue weighted by Crippen LogP contribution is -2.35. The number of anilines is 1. The number of thioether (sulfide) groups is 1. The molecule has 1 atom stereocenters. The summed E-state index contributed by atoms with van der Waals surface area (Å²) in [5.74, 6) is 5.36. The van der Waals surface area contributed by atoms with Crippen molar-refractivity contribution in [2.45, 2.75) is 11.8 Å². The third-order valence-electron chi connectivity index (χ3n) is 2.06. The lowest BCUT2D eigenvalue weighted by molar-refractivity contribution is -0.123. The second kappa shape index (κ2) is 5.98. The quantitative estimate of drug-likeness (QED) is 0.252.